The predicted octanol–water partition coefficient (Wildman–Crippen LogP) is 0.836. The van der Waals surface area contributed by atoms with Crippen LogP contribution < -0.4 is 5.32 Å². The molecule has 0 aliphatic carbocycles. The molecule has 9 nitrogen and oxygen atoms in total. The lowest BCUT2D eigenvalue weighted by Gasteiger charge is -2.32. The first-order valence-electron chi connectivity index (χ1n) is 10.9. The molecule has 30 heavy (non-hydrogen) atoms. The van der Waals surface area contributed by atoms with Gasteiger partial charge in [0.05, 0.1) is 0 Å². The highest BCUT2D eigenvalue weighted by atomic mass is 32.2. The van der Waals surface area contributed by atoms with Gasteiger partial charge in [0.25, 0.3) is 0 Å². The molecule has 1 N–H and O–H groups in total. The number of hydrogen-bond donors (Lipinski definition) is 1. The SMILES string of the molecule is Cc1noc(C)c1S(=O)(=O)N1CCC(CC(=O)NCCCN2CCN(C)CC2)CC1. The number of hydrogen-bond acceptors (Lipinski definition) is 7. The molecule has 0 saturated carbocycles. The zero-order chi connectivity index (χ0) is 21.7. The van der Waals surface area contributed by atoms with Crippen LogP contribution in [-0.4, -0.2) is 93.0 Å². The van der Waals surface area contributed by atoms with Gasteiger partial charge in [-0.05, 0) is 52.6 Å². The molecule has 2 fully saturated rings. The van der Waals surface area contributed by atoms with Crippen LogP contribution in [0.15, 0.2) is 9.42 Å². The highest BCUT2D eigenvalue weighted by Crippen LogP contribution is 2.28. The number of aromatic nitrogens is 1. The average molecular weight is 442 g/mol. The molecule has 2 saturated heterocycles. The molecule has 1 aromatic rings. The van der Waals surface area contributed by atoms with Gasteiger partial charge in [-0.15, -0.1) is 0 Å². The number of nitrogens with one attached hydrogen (secondary N) is 1. The van der Waals surface area contributed by atoms with Crippen molar-refractivity contribution in [2.24, 2.45) is 5.92 Å². The van der Waals surface area contributed by atoms with E-state index in [1.54, 1.807) is 13.8 Å². The topological polar surface area (TPSA) is 99.0 Å². The lowest BCUT2D eigenvalue weighted by molar-refractivity contribution is -0.122. The third-order valence-electron chi connectivity index (χ3n) is 6.18. The Hall–Kier alpha value is -1.49. The van der Waals surface area contributed by atoms with Gasteiger partial charge >= 0.3 is 0 Å². The molecule has 10 heteroatoms. The summed E-state index contributed by atoms with van der Waals surface area (Å²) in [7, 11) is -1.45. The number of likely N-dealkylation sites (N-methyl/N-ethyl adjacent to an activating group) is 1. The Morgan fingerprint density at radius 2 is 1.80 bits per heavy atom. The highest BCUT2D eigenvalue weighted by Gasteiger charge is 2.34. The summed E-state index contributed by atoms with van der Waals surface area (Å²) in [4.78, 5) is 17.2. The van der Waals surface area contributed by atoms with Gasteiger partial charge in [0.15, 0.2) is 5.76 Å². The number of nitrogens with zero attached hydrogens (tertiary/aromatic N) is 4. The molecule has 0 spiro atoms. The van der Waals surface area contributed by atoms with Crippen LogP contribution in [0, 0.1) is 19.8 Å². The quantitative estimate of drug-likeness (QED) is 0.597. The normalized spacial score (nSPS) is 20.5. The van der Waals surface area contributed by atoms with E-state index in [1.807, 2.05) is 0 Å². The fourth-order valence-corrected chi connectivity index (χ4v) is 6.02. The molecule has 2 aliphatic rings. The van der Waals surface area contributed by atoms with Gasteiger partial charge in [0, 0.05) is 52.2 Å². The lowest BCUT2D eigenvalue weighted by atomic mass is 9.94. The Bertz CT molecular complexity index is 790. The molecular weight excluding hydrogens is 406 g/mol. The van der Waals surface area contributed by atoms with Crippen LogP contribution in [0.2, 0.25) is 0 Å². The second kappa shape index (κ2) is 10.2. The van der Waals surface area contributed by atoms with Crippen LogP contribution in [0.3, 0.4) is 0 Å². The van der Waals surface area contributed by atoms with Crippen LogP contribution in [-0.2, 0) is 14.8 Å². The molecule has 0 radical (unpaired) electrons. The van der Waals surface area contributed by atoms with Gasteiger partial charge in [-0.3, -0.25) is 4.79 Å². The number of rotatable bonds is 8. The number of carbonyl (C=O) groups excluding carboxylic acids is 1. The Morgan fingerprint density at radius 1 is 1.13 bits per heavy atom. The van der Waals surface area contributed by atoms with E-state index in [0.717, 1.165) is 39.1 Å². The zero-order valence-corrected chi connectivity index (χ0v) is 19.2. The number of amides is 1. The Kier molecular flexibility index (Phi) is 7.89. The van der Waals surface area contributed by atoms with Crippen molar-refractivity contribution in [3.8, 4) is 0 Å². The lowest BCUT2D eigenvalue weighted by Crippen LogP contribution is -2.45. The van der Waals surface area contributed by atoms with E-state index >= 15 is 0 Å². The van der Waals surface area contributed by atoms with Crippen molar-refractivity contribution in [3.63, 3.8) is 0 Å². The molecule has 3 rings (SSSR count). The summed E-state index contributed by atoms with van der Waals surface area (Å²) >= 11 is 0. The number of sulfonamides is 1. The van der Waals surface area contributed by atoms with Gasteiger partial charge < -0.3 is 19.6 Å². The molecular formula is C20H35N5O4S. The molecule has 1 amide bonds. The van der Waals surface area contributed by atoms with E-state index in [9.17, 15) is 13.2 Å². The van der Waals surface area contributed by atoms with E-state index in [4.69, 9.17) is 4.52 Å². The van der Waals surface area contributed by atoms with E-state index in [0.29, 0.717) is 50.4 Å². The van der Waals surface area contributed by atoms with Gasteiger partial charge in [0.2, 0.25) is 15.9 Å². The molecule has 0 atom stereocenters. The second-order valence-electron chi connectivity index (χ2n) is 8.55. The highest BCUT2D eigenvalue weighted by molar-refractivity contribution is 7.89. The summed E-state index contributed by atoms with van der Waals surface area (Å²) in [6.45, 7) is 10.2. The van der Waals surface area contributed by atoms with Crippen LogP contribution in [0.5, 0.6) is 0 Å². The van der Waals surface area contributed by atoms with Crippen molar-refractivity contribution in [1.29, 1.82) is 0 Å². The first-order chi connectivity index (χ1) is 14.3. The van der Waals surface area contributed by atoms with Crippen molar-refractivity contribution in [1.82, 2.24) is 24.6 Å². The number of piperazine rings is 1. The first-order valence-corrected chi connectivity index (χ1v) is 12.3. The Morgan fingerprint density at radius 3 is 2.40 bits per heavy atom. The Labute approximate surface area is 179 Å². The second-order valence-corrected chi connectivity index (χ2v) is 10.4. The molecule has 2 aliphatic heterocycles. The van der Waals surface area contributed by atoms with Gasteiger partial charge in [-0.25, -0.2) is 8.42 Å². The fraction of sp³-hybridized carbons (Fsp3) is 0.800. The minimum atomic E-state index is -3.59. The molecule has 0 bridgehead atoms. The first kappa shape index (κ1) is 23.2. The van der Waals surface area contributed by atoms with Crippen molar-refractivity contribution in [3.05, 3.63) is 11.5 Å². The fourth-order valence-electron chi connectivity index (χ4n) is 4.26. The average Bonchev–Trinajstić information content (AvgIpc) is 3.06. The Balaban J connectivity index is 1.36. The summed E-state index contributed by atoms with van der Waals surface area (Å²) < 4.78 is 32.3. The maximum Gasteiger partial charge on any atom is 0.248 e. The molecule has 1 aromatic heterocycles. The number of aryl methyl sites for hydroxylation is 2. The molecule has 0 aromatic carbocycles. The number of piperidine rings is 1. The van der Waals surface area contributed by atoms with Gasteiger partial charge in [-0.2, -0.15) is 4.31 Å². The summed E-state index contributed by atoms with van der Waals surface area (Å²) in [6, 6.07) is 0. The van der Waals surface area contributed by atoms with E-state index in [2.05, 4.69) is 27.3 Å². The van der Waals surface area contributed by atoms with Crippen molar-refractivity contribution in [2.75, 3.05) is 59.4 Å². The third-order valence-corrected chi connectivity index (χ3v) is 8.33. The molecule has 170 valence electrons. The van der Waals surface area contributed by atoms with Crippen molar-refractivity contribution in [2.45, 2.75) is 44.4 Å². The van der Waals surface area contributed by atoms with Crippen LogP contribution in [0.4, 0.5) is 0 Å². The largest absolute Gasteiger partial charge is 0.360 e. The van der Waals surface area contributed by atoms with Crippen LogP contribution >= 0.6 is 0 Å². The predicted molar refractivity (Wildman–Crippen MR) is 114 cm³/mol. The summed E-state index contributed by atoms with van der Waals surface area (Å²) in [5.41, 5.74) is 0.394. The van der Waals surface area contributed by atoms with Crippen LogP contribution in [0.25, 0.3) is 0 Å². The summed E-state index contributed by atoms with van der Waals surface area (Å²) in [5.74, 6) is 0.615. The summed E-state index contributed by atoms with van der Waals surface area (Å²) in [5, 5.41) is 6.79. The standard InChI is InChI=1S/C20H35N5O4S/c1-16-20(17(2)29-22-16)30(27,28)25-9-5-18(6-10-25)15-19(26)21-7-4-8-24-13-11-23(3)12-14-24/h18H,4-15H2,1-3H3,(H,21,26). The summed E-state index contributed by atoms with van der Waals surface area (Å²) in [6.07, 6.45) is 2.81. The minimum Gasteiger partial charge on any atom is -0.360 e. The zero-order valence-electron chi connectivity index (χ0n) is 18.4. The minimum absolute atomic E-state index is 0.0698. The third kappa shape index (κ3) is 5.81. The van der Waals surface area contributed by atoms with Gasteiger partial charge in [0.1, 0.15) is 10.6 Å². The van der Waals surface area contributed by atoms with Crippen LogP contribution in [0.1, 0.15) is 37.1 Å². The maximum absolute atomic E-state index is 12.9. The van der Waals surface area contributed by atoms with E-state index in [-0.39, 0.29) is 16.7 Å². The molecule has 3 heterocycles. The van der Waals surface area contributed by atoms with E-state index < -0.39 is 10.0 Å². The molecule has 0 unspecified atom stereocenters. The van der Waals surface area contributed by atoms with Gasteiger partial charge in [-0.1, -0.05) is 5.16 Å². The maximum atomic E-state index is 12.9. The monoisotopic (exact) mass is 441 g/mol. The smallest absolute Gasteiger partial charge is 0.248 e. The van der Waals surface area contributed by atoms with Crippen molar-refractivity contribution < 1.29 is 17.7 Å². The van der Waals surface area contributed by atoms with E-state index in [1.165, 1.54) is 4.31 Å². The number of carbonyl (C=O) groups is 1. The van der Waals surface area contributed by atoms with Crippen molar-refractivity contribution >= 4 is 15.9 Å².